The van der Waals surface area contributed by atoms with E-state index >= 15 is 4.39 Å². The molecule has 2 aromatic heterocycles. The minimum Gasteiger partial charge on any atom is -0.506 e. The average Bonchev–Trinajstić information content (AvgIpc) is 3.74. The number of fused-ring (bicyclic) bond motifs is 3. The molecule has 0 spiro atoms. The van der Waals surface area contributed by atoms with E-state index in [1.165, 1.54) is 6.07 Å². The minimum absolute atomic E-state index is 0.0198. The van der Waals surface area contributed by atoms with Crippen molar-refractivity contribution >= 4 is 54.7 Å². The number of nitriles is 1. The number of nitrogens with zero attached hydrogens (tertiary/aromatic N) is 4. The van der Waals surface area contributed by atoms with Crippen LogP contribution >= 0.6 is 22.9 Å². The molecule has 1 saturated carbocycles. The van der Waals surface area contributed by atoms with E-state index in [-0.39, 0.29) is 78.2 Å². The van der Waals surface area contributed by atoms with E-state index in [0.29, 0.717) is 19.4 Å². The van der Waals surface area contributed by atoms with Crippen LogP contribution in [0.4, 0.5) is 24.0 Å². The minimum atomic E-state index is -0.962. The van der Waals surface area contributed by atoms with Crippen molar-refractivity contribution in [3.8, 4) is 29.0 Å². The highest BCUT2D eigenvalue weighted by molar-refractivity contribution is 7.23. The number of phenolic OH excluding ortho intramolecular Hbond substituents is 1. The zero-order valence-electron chi connectivity index (χ0n) is 23.5. The monoisotopic (exact) mass is 643 g/mol. The second kappa shape index (κ2) is 10.8. The van der Waals surface area contributed by atoms with Gasteiger partial charge < -0.3 is 26.6 Å². The summed E-state index contributed by atoms with van der Waals surface area (Å²) in [6.07, 6.45) is 3.19. The SMILES string of the molecule is N#Cc1c(N)sc2c(F)ccc(-c3c(Cl)c(O)c4c(NC5CCC(N)C5)nc(OC[C@@]56CCCN5C[C@H](F)C6)nc4c3F)c12. The molecule has 2 unspecified atom stereocenters. The molecule has 4 heterocycles. The number of alkyl halides is 1. The second-order valence-electron chi connectivity index (χ2n) is 12.0. The Morgan fingerprint density at radius 3 is 2.84 bits per heavy atom. The Morgan fingerprint density at radius 1 is 1.27 bits per heavy atom. The molecular formula is C30H29ClF3N7O2S. The second-order valence-corrected chi connectivity index (χ2v) is 13.4. The zero-order valence-corrected chi connectivity index (χ0v) is 25.0. The molecule has 3 aliphatic rings. The van der Waals surface area contributed by atoms with E-state index in [2.05, 4.69) is 20.2 Å². The maximum Gasteiger partial charge on any atom is 0.319 e. The van der Waals surface area contributed by atoms with Gasteiger partial charge in [-0.25, -0.2) is 13.2 Å². The van der Waals surface area contributed by atoms with Crippen molar-refractivity contribution in [2.24, 2.45) is 5.73 Å². The number of nitrogens with two attached hydrogens (primary N) is 2. The van der Waals surface area contributed by atoms with Crippen molar-refractivity contribution in [2.75, 3.05) is 30.7 Å². The van der Waals surface area contributed by atoms with Gasteiger partial charge in [-0.05, 0) is 50.3 Å². The van der Waals surface area contributed by atoms with Crippen LogP contribution in [0.1, 0.15) is 44.1 Å². The van der Waals surface area contributed by atoms with Gasteiger partial charge in [0.25, 0.3) is 0 Å². The van der Waals surface area contributed by atoms with Crippen LogP contribution in [0.2, 0.25) is 5.02 Å². The van der Waals surface area contributed by atoms with E-state index < -0.39 is 29.1 Å². The summed E-state index contributed by atoms with van der Waals surface area (Å²) >= 11 is 7.52. The first-order valence-electron chi connectivity index (χ1n) is 14.5. The summed E-state index contributed by atoms with van der Waals surface area (Å²) in [4.78, 5) is 11.0. The Hall–Kier alpha value is -3.57. The molecule has 2 aliphatic heterocycles. The number of thiophene rings is 1. The molecule has 0 amide bonds. The van der Waals surface area contributed by atoms with Gasteiger partial charge in [0.15, 0.2) is 5.82 Å². The zero-order chi connectivity index (χ0) is 30.9. The molecule has 4 aromatic rings. The van der Waals surface area contributed by atoms with E-state index in [9.17, 15) is 19.1 Å². The summed E-state index contributed by atoms with van der Waals surface area (Å²) in [6, 6.07) is 4.11. The molecule has 4 atom stereocenters. The highest BCUT2D eigenvalue weighted by Gasteiger charge is 2.49. The summed E-state index contributed by atoms with van der Waals surface area (Å²) in [5, 5.41) is 24.2. The van der Waals surface area contributed by atoms with Crippen molar-refractivity contribution in [2.45, 2.75) is 62.3 Å². The summed E-state index contributed by atoms with van der Waals surface area (Å²) in [7, 11) is 0. The summed E-state index contributed by atoms with van der Waals surface area (Å²) in [5.41, 5.74) is 11.1. The lowest BCUT2D eigenvalue weighted by atomic mass is 9.95. The third kappa shape index (κ3) is 4.58. The van der Waals surface area contributed by atoms with Gasteiger partial charge in [0.1, 0.15) is 46.8 Å². The predicted octanol–water partition coefficient (Wildman–Crippen LogP) is 5.85. The van der Waals surface area contributed by atoms with Crippen LogP contribution in [0.5, 0.6) is 11.8 Å². The number of aromatic nitrogens is 2. The van der Waals surface area contributed by atoms with Crippen LogP contribution in [-0.4, -0.2) is 63.5 Å². The molecule has 230 valence electrons. The highest BCUT2D eigenvalue weighted by Crippen LogP contribution is 2.49. The molecule has 1 aliphatic carbocycles. The van der Waals surface area contributed by atoms with Gasteiger partial charge in [0, 0.05) is 36.0 Å². The first-order valence-corrected chi connectivity index (χ1v) is 15.7. The van der Waals surface area contributed by atoms with Crippen LogP contribution < -0.4 is 21.5 Å². The van der Waals surface area contributed by atoms with Crippen molar-refractivity contribution in [1.29, 1.82) is 5.26 Å². The van der Waals surface area contributed by atoms with Crippen molar-refractivity contribution in [3.63, 3.8) is 0 Å². The largest absolute Gasteiger partial charge is 0.506 e. The maximum atomic E-state index is 16.8. The number of halogens is 4. The Balaban J connectivity index is 1.40. The number of aromatic hydroxyl groups is 1. The highest BCUT2D eigenvalue weighted by atomic mass is 35.5. The smallest absolute Gasteiger partial charge is 0.319 e. The van der Waals surface area contributed by atoms with E-state index in [1.54, 1.807) is 0 Å². The van der Waals surface area contributed by atoms with Gasteiger partial charge >= 0.3 is 6.01 Å². The Kier molecular flexibility index (Phi) is 7.16. The molecule has 0 radical (unpaired) electrons. The predicted molar refractivity (Wildman–Crippen MR) is 164 cm³/mol. The van der Waals surface area contributed by atoms with E-state index in [0.717, 1.165) is 49.6 Å². The number of benzene rings is 2. The Labute approximate surface area is 259 Å². The van der Waals surface area contributed by atoms with Crippen molar-refractivity contribution < 1.29 is 23.0 Å². The maximum absolute atomic E-state index is 16.8. The third-order valence-corrected chi connectivity index (χ3v) is 10.6. The van der Waals surface area contributed by atoms with Crippen LogP contribution in [0, 0.1) is 23.0 Å². The van der Waals surface area contributed by atoms with E-state index in [4.69, 9.17) is 27.8 Å². The van der Waals surface area contributed by atoms with Gasteiger partial charge in [0.05, 0.1) is 26.2 Å². The topological polar surface area (TPSA) is 146 Å². The molecular weight excluding hydrogens is 615 g/mol. The number of ether oxygens (including phenoxy) is 1. The molecule has 2 aromatic carbocycles. The van der Waals surface area contributed by atoms with Crippen molar-refractivity contribution in [3.05, 3.63) is 34.4 Å². The Morgan fingerprint density at radius 2 is 2.09 bits per heavy atom. The number of phenols is 1. The number of nitrogen functional groups attached to an aromatic ring is 1. The fraction of sp³-hybridized carbons (Fsp3) is 0.433. The van der Waals surface area contributed by atoms with Gasteiger partial charge in [-0.2, -0.15) is 15.2 Å². The van der Waals surface area contributed by atoms with Crippen LogP contribution in [0.3, 0.4) is 0 Å². The molecule has 44 heavy (non-hydrogen) atoms. The normalized spacial score (nSPS) is 25.1. The summed E-state index contributed by atoms with van der Waals surface area (Å²) < 4.78 is 52.1. The number of anilines is 2. The van der Waals surface area contributed by atoms with Crippen LogP contribution in [0.15, 0.2) is 12.1 Å². The van der Waals surface area contributed by atoms with Gasteiger partial charge in [-0.3, -0.25) is 4.90 Å². The number of hydrogen-bond acceptors (Lipinski definition) is 10. The standard InChI is InChI=1S/C30H29ClF3N7O2S/c31-22-20(16-4-5-18(33)26-19(16)17(10-35)27(37)44-26)23(34)24-21(25(22)42)28(38-15-3-2-14(36)8-15)40-29(39-24)43-12-30-6-1-7-41(30)11-13(32)9-30/h4-5,13-15,42H,1-3,6-9,11-12,36-37H2,(H,38,39,40)/t13-,14?,15?,30+/m1/s1. The molecule has 6 N–H and O–H groups in total. The fourth-order valence-corrected chi connectivity index (χ4v) is 8.40. The van der Waals surface area contributed by atoms with Gasteiger partial charge in [-0.15, -0.1) is 11.3 Å². The molecule has 14 heteroatoms. The quantitative estimate of drug-likeness (QED) is 0.203. The van der Waals surface area contributed by atoms with Crippen LogP contribution in [0.25, 0.3) is 32.1 Å². The van der Waals surface area contributed by atoms with E-state index in [1.807, 2.05) is 6.07 Å². The molecule has 7 rings (SSSR count). The molecule has 9 nitrogen and oxygen atoms in total. The van der Waals surface area contributed by atoms with Gasteiger partial charge in [0.2, 0.25) is 0 Å². The van der Waals surface area contributed by atoms with Crippen LogP contribution in [-0.2, 0) is 0 Å². The number of nitrogens with one attached hydrogen (secondary N) is 1. The lowest BCUT2D eigenvalue weighted by molar-refractivity contribution is 0.107. The summed E-state index contributed by atoms with van der Waals surface area (Å²) in [5.74, 6) is -1.94. The first kappa shape index (κ1) is 29.2. The molecule has 2 saturated heterocycles. The third-order valence-electron chi connectivity index (χ3n) is 9.22. The average molecular weight is 644 g/mol. The number of hydrogen-bond donors (Lipinski definition) is 4. The van der Waals surface area contributed by atoms with Crippen molar-refractivity contribution in [1.82, 2.24) is 14.9 Å². The first-order chi connectivity index (χ1) is 21.1. The molecule has 0 bridgehead atoms. The number of rotatable bonds is 6. The molecule has 3 fully saturated rings. The fourth-order valence-electron chi connectivity index (χ4n) is 7.17. The summed E-state index contributed by atoms with van der Waals surface area (Å²) in [6.45, 7) is 1.22. The lowest BCUT2D eigenvalue weighted by Gasteiger charge is -2.30. The Bertz CT molecular complexity index is 1870. The van der Waals surface area contributed by atoms with Gasteiger partial charge in [-0.1, -0.05) is 17.7 Å². The lowest BCUT2D eigenvalue weighted by Crippen LogP contribution is -2.43.